The second-order valence-electron chi connectivity index (χ2n) is 7.26. The molecule has 4 heteroatoms. The van der Waals surface area contributed by atoms with Crippen molar-refractivity contribution in [2.45, 2.75) is 52.6 Å². The Morgan fingerprint density at radius 2 is 1.81 bits per heavy atom. The Morgan fingerprint density at radius 1 is 1.12 bits per heavy atom. The van der Waals surface area contributed by atoms with Crippen LogP contribution in [0.3, 0.4) is 0 Å². The summed E-state index contributed by atoms with van der Waals surface area (Å²) in [5.41, 5.74) is 6.33. The maximum Gasteiger partial charge on any atom is 0.269 e. The predicted molar refractivity (Wildman–Crippen MR) is 107 cm³/mol. The molecule has 0 saturated carbocycles. The maximum absolute atomic E-state index is 10.9. The topological polar surface area (TPSA) is 46.4 Å². The van der Waals surface area contributed by atoms with Gasteiger partial charge in [0.1, 0.15) is 0 Å². The number of nitrogens with zero attached hydrogens (tertiary/aromatic N) is 2. The van der Waals surface area contributed by atoms with Gasteiger partial charge < -0.3 is 4.90 Å². The van der Waals surface area contributed by atoms with Crippen LogP contribution in [-0.4, -0.2) is 10.5 Å². The third-order valence-electron chi connectivity index (χ3n) is 5.48. The average molecular weight is 350 g/mol. The first-order valence-corrected chi connectivity index (χ1v) is 9.21. The van der Waals surface area contributed by atoms with Crippen molar-refractivity contribution in [2.75, 3.05) is 4.90 Å². The standard InChI is InChI=1S/C22H26N2O2/c1-5-18-14-22(4,6-2)23(21-13-16(3)7-12-20(18)21)15-17-8-10-19(11-9-17)24(25)26/h7-14H,5-6,15H2,1-4H3/t22-/m0/s1. The molecule has 0 radical (unpaired) electrons. The number of benzene rings is 2. The summed E-state index contributed by atoms with van der Waals surface area (Å²) in [6.45, 7) is 9.55. The lowest BCUT2D eigenvalue weighted by molar-refractivity contribution is -0.384. The van der Waals surface area contributed by atoms with E-state index in [9.17, 15) is 10.1 Å². The van der Waals surface area contributed by atoms with Crippen LogP contribution < -0.4 is 4.90 Å². The van der Waals surface area contributed by atoms with Gasteiger partial charge in [0.2, 0.25) is 0 Å². The van der Waals surface area contributed by atoms with E-state index in [0.29, 0.717) is 0 Å². The van der Waals surface area contributed by atoms with Crippen LogP contribution >= 0.6 is 0 Å². The smallest absolute Gasteiger partial charge is 0.269 e. The van der Waals surface area contributed by atoms with E-state index in [-0.39, 0.29) is 16.1 Å². The molecule has 1 aliphatic heterocycles. The van der Waals surface area contributed by atoms with Gasteiger partial charge in [0, 0.05) is 29.9 Å². The van der Waals surface area contributed by atoms with Crippen molar-refractivity contribution in [3.63, 3.8) is 0 Å². The van der Waals surface area contributed by atoms with Gasteiger partial charge in [0.05, 0.1) is 10.5 Å². The molecule has 4 nitrogen and oxygen atoms in total. The highest BCUT2D eigenvalue weighted by molar-refractivity contribution is 5.82. The second-order valence-corrected chi connectivity index (χ2v) is 7.26. The number of nitro groups is 1. The number of nitro benzene ring substituents is 1. The normalized spacial score (nSPS) is 19.1. The van der Waals surface area contributed by atoms with Crippen LogP contribution in [-0.2, 0) is 6.54 Å². The SMILES string of the molecule is CCC1=C[C@](C)(CC)N(Cc2ccc([N+](=O)[O-])cc2)c2cc(C)ccc21. The van der Waals surface area contributed by atoms with Crippen molar-refractivity contribution in [1.29, 1.82) is 0 Å². The Bertz CT molecular complexity index is 855. The van der Waals surface area contributed by atoms with Gasteiger partial charge in [-0.15, -0.1) is 0 Å². The molecule has 1 atom stereocenters. The van der Waals surface area contributed by atoms with Crippen molar-refractivity contribution >= 4 is 16.9 Å². The number of anilines is 1. The number of allylic oxidation sites excluding steroid dienone is 1. The molecule has 0 amide bonds. The van der Waals surface area contributed by atoms with Crippen molar-refractivity contribution < 1.29 is 4.92 Å². The highest BCUT2D eigenvalue weighted by Gasteiger charge is 2.34. The van der Waals surface area contributed by atoms with E-state index in [1.807, 2.05) is 12.1 Å². The average Bonchev–Trinajstić information content (AvgIpc) is 2.64. The molecule has 0 N–H and O–H groups in total. The summed E-state index contributed by atoms with van der Waals surface area (Å²) in [6, 6.07) is 13.6. The molecular formula is C22H26N2O2. The molecule has 0 spiro atoms. The van der Waals surface area contributed by atoms with Crippen LogP contribution in [0.4, 0.5) is 11.4 Å². The zero-order chi connectivity index (χ0) is 18.9. The first-order valence-electron chi connectivity index (χ1n) is 9.21. The third kappa shape index (κ3) is 3.24. The van der Waals surface area contributed by atoms with Gasteiger partial charge >= 0.3 is 0 Å². The molecule has 0 saturated heterocycles. The van der Waals surface area contributed by atoms with Crippen LogP contribution in [0.5, 0.6) is 0 Å². The molecular weight excluding hydrogens is 324 g/mol. The number of non-ortho nitro benzene ring substituents is 1. The van der Waals surface area contributed by atoms with E-state index in [0.717, 1.165) is 24.9 Å². The van der Waals surface area contributed by atoms with Crippen LogP contribution in [0.25, 0.3) is 5.57 Å². The molecule has 0 aromatic heterocycles. The van der Waals surface area contributed by atoms with Crippen molar-refractivity contribution in [3.8, 4) is 0 Å². The zero-order valence-corrected chi connectivity index (χ0v) is 16.0. The lowest BCUT2D eigenvalue weighted by Gasteiger charge is -2.45. The van der Waals surface area contributed by atoms with Gasteiger partial charge in [-0.1, -0.05) is 44.2 Å². The van der Waals surface area contributed by atoms with Gasteiger partial charge in [-0.2, -0.15) is 0 Å². The summed E-state index contributed by atoms with van der Waals surface area (Å²) < 4.78 is 0. The zero-order valence-electron chi connectivity index (χ0n) is 16.0. The largest absolute Gasteiger partial charge is 0.358 e. The molecule has 0 fully saturated rings. The fraction of sp³-hybridized carbons (Fsp3) is 0.364. The number of fused-ring (bicyclic) bond motifs is 1. The lowest BCUT2D eigenvalue weighted by Crippen LogP contribution is -2.46. The lowest BCUT2D eigenvalue weighted by atomic mass is 9.83. The Hall–Kier alpha value is -2.62. The highest BCUT2D eigenvalue weighted by Crippen LogP contribution is 2.43. The molecule has 0 aliphatic carbocycles. The van der Waals surface area contributed by atoms with Crippen molar-refractivity contribution in [3.05, 3.63) is 75.3 Å². The summed E-state index contributed by atoms with van der Waals surface area (Å²) in [6.07, 6.45) is 4.41. The Kier molecular flexibility index (Phi) is 4.86. The Morgan fingerprint density at radius 3 is 2.38 bits per heavy atom. The number of hydrogen-bond acceptors (Lipinski definition) is 3. The second kappa shape index (κ2) is 6.94. The van der Waals surface area contributed by atoms with Gasteiger partial charge in [-0.25, -0.2) is 0 Å². The minimum absolute atomic E-state index is 0.0755. The third-order valence-corrected chi connectivity index (χ3v) is 5.48. The first kappa shape index (κ1) is 18.2. The summed E-state index contributed by atoms with van der Waals surface area (Å²) in [4.78, 5) is 13.0. The van der Waals surface area contributed by atoms with E-state index >= 15 is 0 Å². The minimum Gasteiger partial charge on any atom is -0.358 e. The molecule has 2 aromatic carbocycles. The maximum atomic E-state index is 10.9. The van der Waals surface area contributed by atoms with Crippen LogP contribution in [0.2, 0.25) is 0 Å². The summed E-state index contributed by atoms with van der Waals surface area (Å²) in [5, 5.41) is 10.9. The summed E-state index contributed by atoms with van der Waals surface area (Å²) in [5.74, 6) is 0. The molecule has 1 aliphatic rings. The predicted octanol–water partition coefficient (Wildman–Crippen LogP) is 5.89. The molecule has 26 heavy (non-hydrogen) atoms. The number of rotatable bonds is 5. The van der Waals surface area contributed by atoms with Gasteiger partial charge in [0.25, 0.3) is 5.69 Å². The molecule has 136 valence electrons. The fourth-order valence-corrected chi connectivity index (χ4v) is 3.70. The van der Waals surface area contributed by atoms with E-state index in [1.165, 1.54) is 22.4 Å². The van der Waals surface area contributed by atoms with Gasteiger partial charge in [-0.3, -0.25) is 10.1 Å². The van der Waals surface area contributed by atoms with E-state index in [2.05, 4.69) is 56.9 Å². The van der Waals surface area contributed by atoms with E-state index in [4.69, 9.17) is 0 Å². The Labute approximate surface area is 155 Å². The van der Waals surface area contributed by atoms with Crippen LogP contribution in [0.1, 0.15) is 50.3 Å². The molecule has 0 bridgehead atoms. The summed E-state index contributed by atoms with van der Waals surface area (Å²) >= 11 is 0. The summed E-state index contributed by atoms with van der Waals surface area (Å²) in [7, 11) is 0. The quantitative estimate of drug-likeness (QED) is 0.499. The Balaban J connectivity index is 2.05. The molecule has 1 heterocycles. The number of hydrogen-bond donors (Lipinski definition) is 0. The van der Waals surface area contributed by atoms with Crippen LogP contribution in [0, 0.1) is 17.0 Å². The number of aryl methyl sites for hydroxylation is 1. The van der Waals surface area contributed by atoms with E-state index in [1.54, 1.807) is 12.1 Å². The van der Waals surface area contributed by atoms with Crippen molar-refractivity contribution in [2.24, 2.45) is 0 Å². The van der Waals surface area contributed by atoms with Crippen molar-refractivity contribution in [1.82, 2.24) is 0 Å². The first-order chi connectivity index (χ1) is 12.4. The van der Waals surface area contributed by atoms with Crippen LogP contribution in [0.15, 0.2) is 48.5 Å². The molecule has 3 rings (SSSR count). The monoisotopic (exact) mass is 350 g/mol. The minimum atomic E-state index is -0.351. The van der Waals surface area contributed by atoms with E-state index < -0.39 is 0 Å². The fourth-order valence-electron chi connectivity index (χ4n) is 3.70. The molecule has 2 aromatic rings. The van der Waals surface area contributed by atoms with Gasteiger partial charge in [-0.05, 0) is 49.5 Å². The molecule has 0 unspecified atom stereocenters. The van der Waals surface area contributed by atoms with Gasteiger partial charge in [0.15, 0.2) is 0 Å². The highest BCUT2D eigenvalue weighted by atomic mass is 16.6.